The van der Waals surface area contributed by atoms with E-state index in [1.54, 1.807) is 0 Å². The average molecular weight is 245 g/mol. The molecule has 3 unspecified atom stereocenters. The lowest BCUT2D eigenvalue weighted by molar-refractivity contribution is -0.121. The molecule has 1 aromatic carbocycles. The number of benzene rings is 1. The van der Waals surface area contributed by atoms with Crippen LogP contribution >= 0.6 is 0 Å². The number of hydrogen-bond acceptors (Lipinski definition) is 3. The van der Waals surface area contributed by atoms with E-state index in [0.29, 0.717) is 6.04 Å². The van der Waals surface area contributed by atoms with Gasteiger partial charge in [-0.15, -0.1) is 0 Å². The number of amides is 1. The summed E-state index contributed by atoms with van der Waals surface area (Å²) in [5, 5.41) is 0. The molecule has 2 aliphatic rings. The lowest BCUT2D eigenvalue weighted by atomic mass is 10.1. The van der Waals surface area contributed by atoms with E-state index in [-0.39, 0.29) is 17.9 Å². The Bertz CT molecular complexity index is 474. The van der Waals surface area contributed by atoms with Crippen molar-refractivity contribution in [1.82, 2.24) is 4.90 Å². The lowest BCUT2D eigenvalue weighted by Crippen LogP contribution is -2.29. The summed E-state index contributed by atoms with van der Waals surface area (Å²) < 4.78 is 0. The maximum absolute atomic E-state index is 11.2. The summed E-state index contributed by atoms with van der Waals surface area (Å²) in [5.74, 6) is -0.165. The first-order chi connectivity index (χ1) is 8.66. The van der Waals surface area contributed by atoms with E-state index in [0.717, 1.165) is 25.9 Å². The fraction of sp³-hybridized carbons (Fsp3) is 0.500. The summed E-state index contributed by atoms with van der Waals surface area (Å²) in [7, 11) is 0. The highest BCUT2D eigenvalue weighted by atomic mass is 16.1. The van der Waals surface area contributed by atoms with E-state index in [1.807, 2.05) is 6.07 Å². The van der Waals surface area contributed by atoms with E-state index < -0.39 is 0 Å². The first-order valence-electron chi connectivity index (χ1n) is 6.54. The monoisotopic (exact) mass is 245 g/mol. The Balaban J connectivity index is 1.81. The molecule has 1 aliphatic carbocycles. The van der Waals surface area contributed by atoms with Crippen molar-refractivity contribution in [2.75, 3.05) is 13.1 Å². The highest BCUT2D eigenvalue weighted by molar-refractivity contribution is 5.77. The van der Waals surface area contributed by atoms with Gasteiger partial charge in [0, 0.05) is 18.6 Å². The molecule has 1 fully saturated rings. The van der Waals surface area contributed by atoms with Crippen LogP contribution in [-0.4, -0.2) is 23.9 Å². The van der Waals surface area contributed by atoms with Crippen molar-refractivity contribution in [3.05, 3.63) is 35.4 Å². The van der Waals surface area contributed by atoms with Crippen LogP contribution in [0.2, 0.25) is 0 Å². The summed E-state index contributed by atoms with van der Waals surface area (Å²) in [6.45, 7) is 1.72. The van der Waals surface area contributed by atoms with Crippen LogP contribution in [0.1, 0.15) is 36.1 Å². The Morgan fingerprint density at radius 3 is 2.67 bits per heavy atom. The molecule has 3 rings (SSSR count). The van der Waals surface area contributed by atoms with Gasteiger partial charge in [0.05, 0.1) is 5.92 Å². The summed E-state index contributed by atoms with van der Waals surface area (Å²) >= 11 is 0. The molecule has 0 bridgehead atoms. The quantitative estimate of drug-likeness (QED) is 0.814. The van der Waals surface area contributed by atoms with Gasteiger partial charge < -0.3 is 11.5 Å². The average Bonchev–Trinajstić information content (AvgIpc) is 2.95. The minimum absolute atomic E-state index is 0.00832. The third kappa shape index (κ3) is 1.82. The molecule has 3 atom stereocenters. The van der Waals surface area contributed by atoms with Crippen LogP contribution in [0, 0.1) is 5.92 Å². The van der Waals surface area contributed by atoms with E-state index in [9.17, 15) is 4.79 Å². The van der Waals surface area contributed by atoms with Gasteiger partial charge in [-0.1, -0.05) is 24.3 Å². The van der Waals surface area contributed by atoms with E-state index in [1.165, 1.54) is 11.1 Å². The molecule has 0 spiro atoms. The fourth-order valence-corrected chi connectivity index (χ4v) is 3.29. The first-order valence-corrected chi connectivity index (χ1v) is 6.54. The van der Waals surface area contributed by atoms with E-state index >= 15 is 0 Å². The summed E-state index contributed by atoms with van der Waals surface area (Å²) in [6.07, 6.45) is 1.83. The predicted molar refractivity (Wildman–Crippen MR) is 69.6 cm³/mol. The predicted octanol–water partition coefficient (Wildman–Crippen LogP) is 0.938. The maximum Gasteiger partial charge on any atom is 0.221 e. The van der Waals surface area contributed by atoms with Gasteiger partial charge in [-0.3, -0.25) is 9.69 Å². The molecule has 4 N–H and O–H groups in total. The van der Waals surface area contributed by atoms with Gasteiger partial charge in [-0.05, 0) is 30.5 Å². The van der Waals surface area contributed by atoms with Crippen LogP contribution in [0.25, 0.3) is 0 Å². The molecule has 0 saturated carbocycles. The number of carbonyl (C=O) groups excluding carboxylic acids is 1. The molecule has 4 nitrogen and oxygen atoms in total. The van der Waals surface area contributed by atoms with Gasteiger partial charge in [0.15, 0.2) is 0 Å². The summed E-state index contributed by atoms with van der Waals surface area (Å²) in [4.78, 5) is 13.6. The molecular formula is C14H19N3O. The zero-order valence-corrected chi connectivity index (χ0v) is 10.4. The van der Waals surface area contributed by atoms with Crippen LogP contribution < -0.4 is 11.5 Å². The molecule has 1 amide bonds. The number of rotatable bonds is 2. The first kappa shape index (κ1) is 11.7. The van der Waals surface area contributed by atoms with Crippen LogP contribution in [0.5, 0.6) is 0 Å². The van der Waals surface area contributed by atoms with Crippen LogP contribution in [0.15, 0.2) is 24.3 Å². The molecule has 0 radical (unpaired) electrons. The van der Waals surface area contributed by atoms with Crippen LogP contribution in [-0.2, 0) is 4.79 Å². The third-order valence-corrected chi connectivity index (χ3v) is 4.29. The lowest BCUT2D eigenvalue weighted by Gasteiger charge is -2.24. The number of nitrogens with two attached hydrogens (primary N) is 2. The largest absolute Gasteiger partial charge is 0.369 e. The molecule has 96 valence electrons. The Hall–Kier alpha value is -1.39. The topological polar surface area (TPSA) is 72.4 Å². The minimum atomic E-state index is -0.173. The second-order valence-electron chi connectivity index (χ2n) is 5.37. The number of carbonyl (C=O) groups is 1. The molecule has 1 heterocycles. The van der Waals surface area contributed by atoms with Crippen molar-refractivity contribution in [1.29, 1.82) is 0 Å². The molecule has 1 saturated heterocycles. The van der Waals surface area contributed by atoms with Gasteiger partial charge in [0.25, 0.3) is 0 Å². The van der Waals surface area contributed by atoms with Gasteiger partial charge in [-0.25, -0.2) is 0 Å². The summed E-state index contributed by atoms with van der Waals surface area (Å²) in [6, 6.07) is 8.86. The number of hydrogen-bond donors (Lipinski definition) is 2. The Labute approximate surface area is 107 Å². The van der Waals surface area contributed by atoms with Crippen molar-refractivity contribution in [3.63, 3.8) is 0 Å². The second kappa shape index (κ2) is 4.37. The van der Waals surface area contributed by atoms with Crippen molar-refractivity contribution < 1.29 is 4.79 Å². The van der Waals surface area contributed by atoms with E-state index in [4.69, 9.17) is 11.5 Å². The molecule has 1 aromatic rings. The maximum atomic E-state index is 11.2. The SMILES string of the molecule is NC(=O)C1CCN(C2CC(N)c3ccccc32)C1. The zero-order chi connectivity index (χ0) is 12.7. The van der Waals surface area contributed by atoms with Gasteiger partial charge >= 0.3 is 0 Å². The highest BCUT2D eigenvalue weighted by Gasteiger charge is 2.37. The Morgan fingerprint density at radius 1 is 1.28 bits per heavy atom. The Kier molecular flexibility index (Phi) is 2.84. The van der Waals surface area contributed by atoms with Crippen LogP contribution in [0.3, 0.4) is 0 Å². The van der Waals surface area contributed by atoms with Crippen LogP contribution in [0.4, 0.5) is 0 Å². The highest BCUT2D eigenvalue weighted by Crippen LogP contribution is 2.42. The van der Waals surface area contributed by atoms with Gasteiger partial charge in [0.2, 0.25) is 5.91 Å². The van der Waals surface area contributed by atoms with Crippen molar-refractivity contribution >= 4 is 5.91 Å². The van der Waals surface area contributed by atoms with Crippen molar-refractivity contribution in [3.8, 4) is 0 Å². The molecular weight excluding hydrogens is 226 g/mol. The number of primary amides is 1. The second-order valence-corrected chi connectivity index (χ2v) is 5.37. The standard InChI is InChI=1S/C14H19N3O/c15-12-7-13(11-4-2-1-3-10(11)12)17-6-5-9(8-17)14(16)18/h1-4,9,12-13H,5-8,15H2,(H2,16,18). The molecule has 0 aromatic heterocycles. The number of likely N-dealkylation sites (tertiary alicyclic amines) is 1. The smallest absolute Gasteiger partial charge is 0.221 e. The summed E-state index contributed by atoms with van der Waals surface area (Å²) in [5.41, 5.74) is 14.2. The molecule has 18 heavy (non-hydrogen) atoms. The fourth-order valence-electron chi connectivity index (χ4n) is 3.29. The zero-order valence-electron chi connectivity index (χ0n) is 10.4. The van der Waals surface area contributed by atoms with Crippen molar-refractivity contribution in [2.45, 2.75) is 24.9 Å². The van der Waals surface area contributed by atoms with Gasteiger partial charge in [-0.2, -0.15) is 0 Å². The normalized spacial score (nSPS) is 31.5. The number of nitrogens with zero attached hydrogens (tertiary/aromatic N) is 1. The minimum Gasteiger partial charge on any atom is -0.369 e. The van der Waals surface area contributed by atoms with Crippen molar-refractivity contribution in [2.24, 2.45) is 17.4 Å². The van der Waals surface area contributed by atoms with E-state index in [2.05, 4.69) is 23.1 Å². The third-order valence-electron chi connectivity index (χ3n) is 4.29. The Morgan fingerprint density at radius 2 is 2.00 bits per heavy atom. The van der Waals surface area contributed by atoms with Gasteiger partial charge in [0.1, 0.15) is 0 Å². The molecule has 4 heteroatoms. The molecule has 1 aliphatic heterocycles. The number of fused-ring (bicyclic) bond motifs is 1.